The molecule has 0 unspecified atom stereocenters. The number of ether oxygens (including phenoxy) is 3. The molecule has 0 bridgehead atoms. The summed E-state index contributed by atoms with van der Waals surface area (Å²) in [5.74, 6) is -1.19. The van der Waals surface area contributed by atoms with E-state index in [4.69, 9.17) is 4.74 Å². The van der Waals surface area contributed by atoms with Crippen molar-refractivity contribution < 1.29 is 42.8 Å². The Morgan fingerprint density at radius 1 is 0.895 bits per heavy atom. The zero-order valence-corrected chi connectivity index (χ0v) is 24.9. The third-order valence-corrected chi connectivity index (χ3v) is 16.3. The van der Waals surface area contributed by atoms with Gasteiger partial charge in [-0.3, -0.25) is 4.79 Å². The highest BCUT2D eigenvalue weighted by Gasteiger charge is 2.41. The zero-order valence-electron chi connectivity index (χ0n) is 23.1. The lowest BCUT2D eigenvalue weighted by Crippen LogP contribution is -2.42. The molecule has 0 radical (unpaired) electrons. The third kappa shape index (κ3) is 10.5. The lowest BCUT2D eigenvalue weighted by Gasteiger charge is -2.32. The molecular formula is C26H43NO9P2. The van der Waals surface area contributed by atoms with Gasteiger partial charge >= 0.3 is 18.0 Å². The molecule has 12 heteroatoms. The summed E-state index contributed by atoms with van der Waals surface area (Å²) in [4.78, 5) is 34.5. The summed E-state index contributed by atoms with van der Waals surface area (Å²) < 4.78 is 42.2. The number of hydrogen-bond acceptors (Lipinski definition) is 8. The second kappa shape index (κ2) is 16.6. The largest absolute Gasteiger partial charge is 0.494 e. The van der Waals surface area contributed by atoms with E-state index in [1.54, 1.807) is 31.2 Å². The summed E-state index contributed by atoms with van der Waals surface area (Å²) >= 11 is 0. The molecule has 0 aliphatic carbocycles. The number of hydrogen-bond donors (Lipinski definition) is 2. The Bertz CT molecular complexity index is 955. The van der Waals surface area contributed by atoms with Crippen LogP contribution in [0.15, 0.2) is 24.3 Å². The van der Waals surface area contributed by atoms with Crippen LogP contribution >= 0.6 is 14.3 Å². The molecule has 1 amide bonds. The summed E-state index contributed by atoms with van der Waals surface area (Å²) in [6, 6.07) is 5.58. The molecule has 38 heavy (non-hydrogen) atoms. The van der Waals surface area contributed by atoms with Gasteiger partial charge in [0, 0.05) is 12.8 Å². The van der Waals surface area contributed by atoms with Crippen LogP contribution in [0.4, 0.5) is 4.79 Å². The third-order valence-electron chi connectivity index (χ3n) is 6.75. The molecule has 0 heterocycles. The number of rotatable bonds is 18. The van der Waals surface area contributed by atoms with Gasteiger partial charge in [-0.05, 0) is 55.2 Å². The summed E-state index contributed by atoms with van der Waals surface area (Å²) in [5, 5.41) is 11.4. The molecule has 0 aliphatic rings. The molecule has 0 spiro atoms. The Morgan fingerprint density at radius 3 is 1.92 bits per heavy atom. The first-order chi connectivity index (χ1) is 18.0. The van der Waals surface area contributed by atoms with Gasteiger partial charge in [0.2, 0.25) is 6.79 Å². The number of nitrogens with one attached hydrogen (secondary N) is 1. The molecule has 2 N–H and O–H groups in total. The maximum atomic E-state index is 13.5. The van der Waals surface area contributed by atoms with Gasteiger partial charge < -0.3 is 33.8 Å². The first-order valence-corrected chi connectivity index (χ1v) is 17.5. The standard InChI is InChI=1S/C26H43NO9P2/c1-6-23(28)35-19-36-26(31)27-22(25(29)30)18-20-13-15-21(16-14-20)34-17-11-12-24(37(32,7-2)8-3)38(33,9-4)10-5/h13-16,22,24H,6-12,17-19H2,1-5H3,(H,27,31)(H,29,30)/t22-/m0/s1. The second-order valence-electron chi connectivity index (χ2n) is 8.94. The van der Waals surface area contributed by atoms with Crippen molar-refractivity contribution in [1.82, 2.24) is 5.32 Å². The summed E-state index contributed by atoms with van der Waals surface area (Å²) in [6.45, 7) is 9.05. The van der Waals surface area contributed by atoms with E-state index >= 15 is 0 Å². The molecule has 0 fully saturated rings. The van der Waals surface area contributed by atoms with Crippen LogP contribution in [0.1, 0.15) is 59.4 Å². The SMILES string of the molecule is CCC(=O)OCOC(=O)N[C@@H](Cc1ccc(OCCCC(P(=O)(CC)CC)P(=O)(CC)CC)cc1)C(=O)O. The Labute approximate surface area is 225 Å². The molecule has 10 nitrogen and oxygen atoms in total. The minimum atomic E-state index is -2.54. The fourth-order valence-corrected chi connectivity index (χ4v) is 13.1. The number of benzene rings is 1. The molecule has 0 saturated carbocycles. The van der Waals surface area contributed by atoms with Crippen molar-refractivity contribution in [1.29, 1.82) is 0 Å². The van der Waals surface area contributed by atoms with Crippen LogP contribution in [0.3, 0.4) is 0 Å². The fourth-order valence-electron chi connectivity index (χ4n) is 4.19. The minimum Gasteiger partial charge on any atom is -0.494 e. The zero-order chi connectivity index (χ0) is 28.8. The average molecular weight is 576 g/mol. The predicted octanol–water partition coefficient (Wildman–Crippen LogP) is 5.61. The van der Waals surface area contributed by atoms with E-state index in [0.717, 1.165) is 0 Å². The van der Waals surface area contributed by atoms with Crippen molar-refractivity contribution in [3.8, 4) is 5.75 Å². The van der Waals surface area contributed by atoms with E-state index < -0.39 is 45.2 Å². The van der Waals surface area contributed by atoms with Crippen molar-refractivity contribution in [2.45, 2.75) is 71.7 Å². The second-order valence-corrected chi connectivity index (χ2v) is 16.9. The average Bonchev–Trinajstić information content (AvgIpc) is 2.92. The molecule has 0 aliphatic heterocycles. The Hall–Kier alpha value is -2.31. The number of alkyl carbamates (subject to hydrolysis) is 1. The normalized spacial score (nSPS) is 12.6. The van der Waals surface area contributed by atoms with E-state index in [1.807, 2.05) is 27.7 Å². The lowest BCUT2D eigenvalue weighted by molar-refractivity contribution is -0.151. The number of esters is 1. The smallest absolute Gasteiger partial charge is 0.410 e. The van der Waals surface area contributed by atoms with Gasteiger partial charge in [-0.15, -0.1) is 0 Å². The van der Waals surface area contributed by atoms with Crippen molar-refractivity contribution in [3.63, 3.8) is 0 Å². The molecule has 216 valence electrons. The van der Waals surface area contributed by atoms with Crippen molar-refractivity contribution in [3.05, 3.63) is 29.8 Å². The van der Waals surface area contributed by atoms with Crippen molar-refractivity contribution >= 4 is 32.3 Å². The number of amides is 1. The summed E-state index contributed by atoms with van der Waals surface area (Å²) in [5.41, 5.74) is 0.654. The van der Waals surface area contributed by atoms with E-state index in [-0.39, 0.29) is 18.2 Å². The van der Waals surface area contributed by atoms with Gasteiger partial charge in [-0.2, -0.15) is 0 Å². The molecule has 1 aromatic carbocycles. The number of carbonyl (C=O) groups excluding carboxylic acids is 2. The molecule has 0 aromatic heterocycles. The minimum absolute atomic E-state index is 0.00772. The fraction of sp³-hybridized carbons (Fsp3) is 0.654. The maximum absolute atomic E-state index is 13.5. The van der Waals surface area contributed by atoms with E-state index in [0.29, 0.717) is 55.4 Å². The van der Waals surface area contributed by atoms with E-state index in [9.17, 15) is 28.6 Å². The quantitative estimate of drug-likeness (QED) is 0.0987. The predicted molar refractivity (Wildman–Crippen MR) is 148 cm³/mol. The van der Waals surface area contributed by atoms with E-state index in [2.05, 4.69) is 14.8 Å². The highest BCUT2D eigenvalue weighted by atomic mass is 31.2. The molecule has 1 aromatic rings. The first kappa shape index (κ1) is 33.7. The molecule has 0 saturated heterocycles. The van der Waals surface area contributed by atoms with Gasteiger partial charge in [0.1, 0.15) is 11.8 Å². The number of aliphatic carboxylic acids is 1. The van der Waals surface area contributed by atoms with Crippen LogP contribution in [0.5, 0.6) is 5.75 Å². The molecular weight excluding hydrogens is 532 g/mol. The van der Waals surface area contributed by atoms with Gasteiger partial charge in [0.15, 0.2) is 0 Å². The molecule has 1 atom stereocenters. The van der Waals surface area contributed by atoms with Crippen LogP contribution in [-0.2, 0) is 34.6 Å². The topological polar surface area (TPSA) is 145 Å². The Balaban J connectivity index is 2.67. The van der Waals surface area contributed by atoms with Crippen LogP contribution in [-0.4, -0.2) is 72.6 Å². The molecule has 1 rings (SSSR count). The van der Waals surface area contributed by atoms with Gasteiger partial charge in [-0.1, -0.05) is 46.8 Å². The number of carbonyl (C=O) groups is 3. The van der Waals surface area contributed by atoms with Crippen LogP contribution in [0.25, 0.3) is 0 Å². The van der Waals surface area contributed by atoms with Gasteiger partial charge in [0.05, 0.1) is 26.3 Å². The Kier molecular flexibility index (Phi) is 14.7. The highest BCUT2D eigenvalue weighted by Crippen LogP contribution is 2.69. The van der Waals surface area contributed by atoms with Gasteiger partial charge in [0.25, 0.3) is 0 Å². The number of carboxylic acid groups (broad SMARTS) is 1. The lowest BCUT2D eigenvalue weighted by atomic mass is 10.1. The van der Waals surface area contributed by atoms with Crippen LogP contribution in [0.2, 0.25) is 0 Å². The monoisotopic (exact) mass is 575 g/mol. The van der Waals surface area contributed by atoms with Crippen molar-refractivity contribution in [2.75, 3.05) is 38.0 Å². The van der Waals surface area contributed by atoms with Crippen molar-refractivity contribution in [2.24, 2.45) is 0 Å². The first-order valence-electron chi connectivity index (χ1n) is 13.2. The van der Waals surface area contributed by atoms with E-state index in [1.165, 1.54) is 0 Å². The summed E-state index contributed by atoms with van der Waals surface area (Å²) in [7, 11) is -5.07. The number of carboxylic acids is 1. The highest BCUT2D eigenvalue weighted by molar-refractivity contribution is 7.81. The summed E-state index contributed by atoms with van der Waals surface area (Å²) in [6.07, 6.45) is 2.56. The maximum Gasteiger partial charge on any atom is 0.410 e. The van der Waals surface area contributed by atoms with Crippen LogP contribution in [0, 0.1) is 0 Å². The Morgan fingerprint density at radius 2 is 1.45 bits per heavy atom. The van der Waals surface area contributed by atoms with Crippen LogP contribution < -0.4 is 10.1 Å². The van der Waals surface area contributed by atoms with Gasteiger partial charge in [-0.25, -0.2) is 9.59 Å².